The lowest BCUT2D eigenvalue weighted by atomic mass is 10.2. The predicted octanol–water partition coefficient (Wildman–Crippen LogP) is 5.55. The molecule has 152 valence electrons. The molecule has 1 rings (SSSR count). The number of hydrogen-bond donors (Lipinski definition) is 0. The highest BCUT2D eigenvalue weighted by atomic mass is 28.4. The van der Waals surface area contributed by atoms with Crippen molar-refractivity contribution in [3.05, 3.63) is 0 Å². The van der Waals surface area contributed by atoms with Crippen LogP contribution in [0.1, 0.15) is 25.7 Å². The van der Waals surface area contributed by atoms with Crippen LogP contribution in [0.4, 0.5) is 0 Å². The average Bonchev–Trinajstić information content (AvgIpc) is 2.44. The summed E-state index contributed by atoms with van der Waals surface area (Å²) in [6, 6.07) is 3.55. The Hall–Kier alpha value is 0.128. The van der Waals surface area contributed by atoms with Crippen molar-refractivity contribution in [2.45, 2.75) is 102 Å². The number of carbonyl (C=O) groups excluding carboxylic acids is 2. The fraction of sp³-hybridized carbons (Fsp3) is 0.889. The van der Waals surface area contributed by atoms with Crippen LogP contribution in [0, 0.1) is 0 Å². The Morgan fingerprint density at radius 1 is 0.500 bits per heavy atom. The monoisotopic (exact) mass is 432 g/mol. The zero-order chi connectivity index (χ0) is 20.2. The molecule has 0 N–H and O–H groups in total. The van der Waals surface area contributed by atoms with Crippen molar-refractivity contribution in [2.24, 2.45) is 0 Å². The molecule has 0 aromatic carbocycles. The molecule has 0 unspecified atom stereocenters. The normalized spacial score (nSPS) is 27.8. The van der Waals surface area contributed by atoms with Crippen molar-refractivity contribution in [1.82, 2.24) is 0 Å². The SMILES string of the molecule is C[Si]1(C)CCC(=O)CC[Si](C)(C)O[Si](C)(C)CCC(=O)CC[Si](C)(C)O1. The average molecular weight is 433 g/mol. The van der Waals surface area contributed by atoms with Gasteiger partial charge in [0.15, 0.2) is 33.3 Å². The molecule has 0 saturated carbocycles. The van der Waals surface area contributed by atoms with E-state index in [0.717, 1.165) is 24.2 Å². The predicted molar refractivity (Wildman–Crippen MR) is 120 cm³/mol. The van der Waals surface area contributed by atoms with Crippen molar-refractivity contribution < 1.29 is 17.8 Å². The summed E-state index contributed by atoms with van der Waals surface area (Å²) in [4.78, 5) is 24.9. The van der Waals surface area contributed by atoms with Crippen LogP contribution in [0.25, 0.3) is 0 Å². The Morgan fingerprint density at radius 3 is 0.885 bits per heavy atom. The summed E-state index contributed by atoms with van der Waals surface area (Å²) in [5.74, 6) is 0.721. The number of ketones is 2. The van der Waals surface area contributed by atoms with E-state index in [1.807, 2.05) is 0 Å². The van der Waals surface area contributed by atoms with Gasteiger partial charge in [-0.05, 0) is 76.6 Å². The lowest BCUT2D eigenvalue weighted by molar-refractivity contribution is -0.119. The summed E-state index contributed by atoms with van der Waals surface area (Å²) in [6.07, 6.45) is 2.53. The van der Waals surface area contributed by atoms with Crippen LogP contribution < -0.4 is 0 Å². The van der Waals surface area contributed by atoms with E-state index in [0.29, 0.717) is 37.2 Å². The van der Waals surface area contributed by atoms with Gasteiger partial charge in [0, 0.05) is 25.7 Å². The van der Waals surface area contributed by atoms with Crippen LogP contribution in [0.15, 0.2) is 0 Å². The van der Waals surface area contributed by atoms with E-state index in [1.54, 1.807) is 0 Å². The van der Waals surface area contributed by atoms with Gasteiger partial charge in [0.1, 0.15) is 11.6 Å². The Morgan fingerprint density at radius 2 is 0.692 bits per heavy atom. The highest BCUT2D eigenvalue weighted by Crippen LogP contribution is 2.28. The van der Waals surface area contributed by atoms with E-state index in [9.17, 15) is 9.59 Å². The Labute approximate surface area is 165 Å². The molecule has 4 nitrogen and oxygen atoms in total. The number of rotatable bonds is 0. The third kappa shape index (κ3) is 9.89. The van der Waals surface area contributed by atoms with E-state index in [2.05, 4.69) is 52.4 Å². The zero-order valence-electron chi connectivity index (χ0n) is 18.3. The molecule has 0 aromatic rings. The fourth-order valence-electron chi connectivity index (χ4n) is 3.71. The van der Waals surface area contributed by atoms with Gasteiger partial charge in [0.05, 0.1) is 0 Å². The first-order valence-electron chi connectivity index (χ1n) is 10.1. The number of hydrogen-bond acceptors (Lipinski definition) is 4. The van der Waals surface area contributed by atoms with Crippen LogP contribution in [0.3, 0.4) is 0 Å². The molecule has 0 aliphatic carbocycles. The minimum atomic E-state index is -1.86. The largest absolute Gasteiger partial charge is 0.455 e. The summed E-state index contributed by atoms with van der Waals surface area (Å²) in [5, 5.41) is 0. The van der Waals surface area contributed by atoms with Gasteiger partial charge >= 0.3 is 0 Å². The van der Waals surface area contributed by atoms with Gasteiger partial charge in [-0.15, -0.1) is 0 Å². The van der Waals surface area contributed by atoms with Crippen molar-refractivity contribution >= 4 is 44.8 Å². The molecular weight excluding hydrogens is 393 g/mol. The van der Waals surface area contributed by atoms with Crippen molar-refractivity contribution in [2.75, 3.05) is 0 Å². The molecule has 26 heavy (non-hydrogen) atoms. The third-order valence-corrected chi connectivity index (χ3v) is 19.8. The second kappa shape index (κ2) is 9.08. The first-order chi connectivity index (χ1) is 11.6. The molecule has 8 heteroatoms. The Balaban J connectivity index is 2.90. The fourth-order valence-corrected chi connectivity index (χ4v) is 20.8. The van der Waals surface area contributed by atoms with E-state index < -0.39 is 33.3 Å². The molecule has 0 spiro atoms. The number of carbonyl (C=O) groups is 2. The van der Waals surface area contributed by atoms with Crippen LogP contribution in [-0.2, 0) is 17.8 Å². The summed E-state index contributed by atoms with van der Waals surface area (Å²) in [5.41, 5.74) is 0. The van der Waals surface area contributed by atoms with E-state index in [4.69, 9.17) is 8.23 Å². The van der Waals surface area contributed by atoms with Crippen LogP contribution in [0.5, 0.6) is 0 Å². The van der Waals surface area contributed by atoms with Crippen LogP contribution >= 0.6 is 0 Å². The van der Waals surface area contributed by atoms with Crippen molar-refractivity contribution in [3.8, 4) is 0 Å². The summed E-state index contributed by atoms with van der Waals surface area (Å²) in [6.45, 7) is 17.7. The van der Waals surface area contributed by atoms with E-state index in [-0.39, 0.29) is 0 Å². The maximum Gasteiger partial charge on any atom is 0.173 e. The topological polar surface area (TPSA) is 52.6 Å². The highest BCUT2D eigenvalue weighted by Gasteiger charge is 2.36. The zero-order valence-corrected chi connectivity index (χ0v) is 22.3. The third-order valence-electron chi connectivity index (χ3n) is 5.13. The molecule has 0 bridgehead atoms. The molecular formula is C18H40O4Si4. The van der Waals surface area contributed by atoms with Gasteiger partial charge in [0.2, 0.25) is 0 Å². The molecule has 1 fully saturated rings. The highest BCUT2D eigenvalue weighted by molar-refractivity contribution is 6.85. The Kier molecular flexibility index (Phi) is 8.44. The quantitative estimate of drug-likeness (QED) is 0.471. The molecule has 0 amide bonds. The first-order valence-corrected chi connectivity index (χ1v) is 22.5. The molecule has 1 aliphatic rings. The van der Waals surface area contributed by atoms with Gasteiger partial charge in [-0.3, -0.25) is 9.59 Å². The molecule has 0 radical (unpaired) electrons. The molecule has 1 aliphatic heterocycles. The summed E-state index contributed by atoms with van der Waals surface area (Å²) >= 11 is 0. The Bertz CT molecular complexity index is 429. The maximum atomic E-state index is 12.4. The van der Waals surface area contributed by atoms with Gasteiger partial charge in [0.25, 0.3) is 0 Å². The summed E-state index contributed by atoms with van der Waals surface area (Å²) in [7, 11) is -7.44. The van der Waals surface area contributed by atoms with Crippen molar-refractivity contribution in [1.29, 1.82) is 0 Å². The van der Waals surface area contributed by atoms with Gasteiger partial charge < -0.3 is 8.23 Å². The van der Waals surface area contributed by atoms with Crippen LogP contribution in [-0.4, -0.2) is 44.8 Å². The standard InChI is InChI=1S/C18H40O4Si4/c1-23(2)13-9-17(19)11-15-25(5,6)22-26(7,8)16-12-18(20)10-14-24(3,4)21-23/h9-16H2,1-8H3. The lowest BCUT2D eigenvalue weighted by Crippen LogP contribution is -2.46. The van der Waals surface area contributed by atoms with Gasteiger partial charge in [-0.25, -0.2) is 0 Å². The second-order valence-electron chi connectivity index (χ2n) is 10.3. The summed E-state index contributed by atoms with van der Waals surface area (Å²) < 4.78 is 13.1. The smallest absolute Gasteiger partial charge is 0.173 e. The van der Waals surface area contributed by atoms with E-state index in [1.165, 1.54) is 0 Å². The van der Waals surface area contributed by atoms with Gasteiger partial charge in [-0.1, -0.05) is 0 Å². The van der Waals surface area contributed by atoms with Crippen LogP contribution in [0.2, 0.25) is 76.6 Å². The van der Waals surface area contributed by atoms with Crippen molar-refractivity contribution in [3.63, 3.8) is 0 Å². The molecule has 0 atom stereocenters. The van der Waals surface area contributed by atoms with Gasteiger partial charge in [-0.2, -0.15) is 0 Å². The molecule has 0 aromatic heterocycles. The second-order valence-corrected chi connectivity index (χ2v) is 28.0. The number of Topliss-reactive ketones (excluding diaryl/α,β-unsaturated/α-hetero) is 2. The molecule has 1 saturated heterocycles. The minimum absolute atomic E-state index is 0.361. The van der Waals surface area contributed by atoms with E-state index >= 15 is 0 Å². The lowest BCUT2D eigenvalue weighted by Gasteiger charge is -2.35. The molecule has 1 heterocycles. The first kappa shape index (κ1) is 24.2. The minimum Gasteiger partial charge on any atom is -0.455 e. The maximum absolute atomic E-state index is 12.4.